The Morgan fingerprint density at radius 2 is 1.95 bits per heavy atom. The molecule has 5 nitrogen and oxygen atoms in total. The fourth-order valence-electron chi connectivity index (χ4n) is 2.05. The van der Waals surface area contributed by atoms with Crippen LogP contribution in [0.1, 0.15) is 23.4 Å². The lowest BCUT2D eigenvalue weighted by molar-refractivity contribution is 0.339. The number of phenols is 1. The summed E-state index contributed by atoms with van der Waals surface area (Å²) >= 11 is 1.67. The third kappa shape index (κ3) is 3.86. The van der Waals surface area contributed by atoms with Crippen molar-refractivity contribution in [2.75, 3.05) is 20.8 Å². The molecule has 21 heavy (non-hydrogen) atoms. The van der Waals surface area contributed by atoms with E-state index in [1.54, 1.807) is 23.5 Å². The van der Waals surface area contributed by atoms with Crippen molar-refractivity contribution in [2.24, 2.45) is 0 Å². The highest BCUT2D eigenvalue weighted by molar-refractivity contribution is 7.09. The Balaban J connectivity index is 1.97. The predicted octanol–water partition coefficient (Wildman–Crippen LogP) is 2.76. The fraction of sp³-hybridized carbons (Fsp3) is 0.400. The Kier molecular flexibility index (Phi) is 5.41. The Bertz CT molecular complexity index is 547. The first-order valence-electron chi connectivity index (χ1n) is 6.69. The van der Waals surface area contributed by atoms with Gasteiger partial charge in [0.15, 0.2) is 11.5 Å². The van der Waals surface area contributed by atoms with Crippen LogP contribution in [0.3, 0.4) is 0 Å². The van der Waals surface area contributed by atoms with Crippen molar-refractivity contribution in [3.05, 3.63) is 34.3 Å². The summed E-state index contributed by atoms with van der Waals surface area (Å²) in [5.74, 6) is 1.23. The molecule has 2 N–H and O–H groups in total. The van der Waals surface area contributed by atoms with Gasteiger partial charge in [-0.05, 0) is 17.7 Å². The van der Waals surface area contributed by atoms with Crippen LogP contribution in [0.25, 0.3) is 0 Å². The lowest BCUT2D eigenvalue weighted by Gasteiger charge is -2.13. The standard InChI is InChI=1S/C15H20N2O3S/c1-10(15-17-4-5-21-15)8-16-9-11-6-12(19-2)14(18)13(7-11)20-3/h4-7,10,16,18H,8-9H2,1-3H3. The molecular formula is C15H20N2O3S. The van der Waals surface area contributed by atoms with E-state index in [0.29, 0.717) is 24.0 Å². The molecular weight excluding hydrogens is 288 g/mol. The van der Waals surface area contributed by atoms with Crippen LogP contribution in [0.15, 0.2) is 23.7 Å². The van der Waals surface area contributed by atoms with Crippen molar-refractivity contribution in [1.29, 1.82) is 0 Å². The number of nitrogens with one attached hydrogen (secondary N) is 1. The van der Waals surface area contributed by atoms with Gasteiger partial charge in [0.1, 0.15) is 0 Å². The van der Waals surface area contributed by atoms with E-state index >= 15 is 0 Å². The quantitative estimate of drug-likeness (QED) is 0.823. The molecule has 0 saturated heterocycles. The summed E-state index contributed by atoms with van der Waals surface area (Å²) < 4.78 is 10.3. The highest BCUT2D eigenvalue weighted by atomic mass is 32.1. The summed E-state index contributed by atoms with van der Waals surface area (Å²) in [6.07, 6.45) is 1.83. The number of rotatable bonds is 7. The molecule has 1 aromatic heterocycles. The second-order valence-electron chi connectivity index (χ2n) is 4.75. The largest absolute Gasteiger partial charge is 0.502 e. The molecule has 1 heterocycles. The Morgan fingerprint density at radius 3 is 2.48 bits per heavy atom. The molecule has 0 fully saturated rings. The van der Waals surface area contributed by atoms with E-state index in [1.165, 1.54) is 14.2 Å². The predicted molar refractivity (Wildman–Crippen MR) is 83.4 cm³/mol. The molecule has 0 aliphatic heterocycles. The second-order valence-corrected chi connectivity index (χ2v) is 5.68. The molecule has 0 bridgehead atoms. The van der Waals surface area contributed by atoms with E-state index in [4.69, 9.17) is 9.47 Å². The van der Waals surface area contributed by atoms with Gasteiger partial charge in [0.25, 0.3) is 0 Å². The van der Waals surface area contributed by atoms with E-state index < -0.39 is 0 Å². The average molecular weight is 308 g/mol. The summed E-state index contributed by atoms with van der Waals surface area (Å²) in [7, 11) is 3.05. The van der Waals surface area contributed by atoms with Gasteiger partial charge in [0, 0.05) is 30.6 Å². The van der Waals surface area contributed by atoms with Gasteiger partial charge in [0.05, 0.1) is 19.2 Å². The first-order valence-corrected chi connectivity index (χ1v) is 7.57. The molecule has 6 heteroatoms. The van der Waals surface area contributed by atoms with Crippen LogP contribution in [0, 0.1) is 0 Å². The van der Waals surface area contributed by atoms with E-state index in [0.717, 1.165) is 17.1 Å². The third-order valence-corrected chi connectivity index (χ3v) is 4.20. The number of thiazole rings is 1. The zero-order chi connectivity index (χ0) is 15.2. The number of benzene rings is 1. The highest BCUT2D eigenvalue weighted by Gasteiger charge is 2.12. The zero-order valence-corrected chi connectivity index (χ0v) is 13.2. The number of ether oxygens (including phenoxy) is 2. The van der Waals surface area contributed by atoms with Gasteiger partial charge < -0.3 is 19.9 Å². The van der Waals surface area contributed by atoms with Crippen LogP contribution in [0.2, 0.25) is 0 Å². The van der Waals surface area contributed by atoms with Crippen molar-refractivity contribution >= 4 is 11.3 Å². The van der Waals surface area contributed by atoms with Crippen molar-refractivity contribution < 1.29 is 14.6 Å². The molecule has 0 aliphatic rings. The summed E-state index contributed by atoms with van der Waals surface area (Å²) in [5, 5.41) is 16.4. The van der Waals surface area contributed by atoms with Crippen molar-refractivity contribution in [3.8, 4) is 17.2 Å². The lowest BCUT2D eigenvalue weighted by Crippen LogP contribution is -2.19. The SMILES string of the molecule is COc1cc(CNCC(C)c2nccs2)cc(OC)c1O. The van der Waals surface area contributed by atoms with Gasteiger partial charge in [-0.2, -0.15) is 0 Å². The van der Waals surface area contributed by atoms with Gasteiger partial charge in [0.2, 0.25) is 5.75 Å². The Labute approximate surface area is 128 Å². The molecule has 0 radical (unpaired) electrons. The van der Waals surface area contributed by atoms with Crippen molar-refractivity contribution in [3.63, 3.8) is 0 Å². The number of methoxy groups -OCH3 is 2. The topological polar surface area (TPSA) is 63.6 Å². The van der Waals surface area contributed by atoms with Gasteiger partial charge in [-0.1, -0.05) is 6.92 Å². The van der Waals surface area contributed by atoms with E-state index in [9.17, 15) is 5.11 Å². The number of phenolic OH excluding ortho intramolecular Hbond substituents is 1. The first-order chi connectivity index (χ1) is 10.2. The zero-order valence-electron chi connectivity index (χ0n) is 12.4. The Hall–Kier alpha value is -1.79. The summed E-state index contributed by atoms with van der Waals surface area (Å²) in [5.41, 5.74) is 0.993. The third-order valence-electron chi connectivity index (χ3n) is 3.19. The molecule has 0 spiro atoms. The minimum Gasteiger partial charge on any atom is -0.502 e. The molecule has 2 rings (SSSR count). The molecule has 1 atom stereocenters. The number of aromatic hydroxyl groups is 1. The molecule has 0 aliphatic carbocycles. The fourth-order valence-corrected chi connectivity index (χ4v) is 2.75. The average Bonchev–Trinajstić information content (AvgIpc) is 3.02. The molecule has 0 saturated carbocycles. The van der Waals surface area contributed by atoms with Crippen LogP contribution in [-0.4, -0.2) is 30.9 Å². The van der Waals surface area contributed by atoms with Crippen LogP contribution in [-0.2, 0) is 6.54 Å². The first kappa shape index (κ1) is 15.6. The van der Waals surface area contributed by atoms with Gasteiger partial charge in [-0.15, -0.1) is 11.3 Å². The monoisotopic (exact) mass is 308 g/mol. The van der Waals surface area contributed by atoms with Crippen LogP contribution >= 0.6 is 11.3 Å². The minimum atomic E-state index is 0.0277. The molecule has 1 unspecified atom stereocenters. The summed E-state index contributed by atoms with van der Waals surface area (Å²) in [4.78, 5) is 4.31. The van der Waals surface area contributed by atoms with Crippen LogP contribution in [0.5, 0.6) is 17.2 Å². The maximum Gasteiger partial charge on any atom is 0.200 e. The molecule has 1 aromatic carbocycles. The number of aromatic nitrogens is 1. The highest BCUT2D eigenvalue weighted by Crippen LogP contribution is 2.37. The number of nitrogens with zero attached hydrogens (tertiary/aromatic N) is 1. The maximum atomic E-state index is 9.87. The normalized spacial score (nSPS) is 12.1. The maximum absolute atomic E-state index is 9.87. The van der Waals surface area contributed by atoms with E-state index in [1.807, 2.05) is 11.6 Å². The minimum absolute atomic E-state index is 0.0277. The van der Waals surface area contributed by atoms with Gasteiger partial charge in [-0.25, -0.2) is 4.98 Å². The molecule has 2 aromatic rings. The second kappa shape index (κ2) is 7.28. The molecule has 0 amide bonds. The van der Waals surface area contributed by atoms with E-state index in [-0.39, 0.29) is 5.75 Å². The van der Waals surface area contributed by atoms with Crippen LogP contribution in [0.4, 0.5) is 0 Å². The summed E-state index contributed by atoms with van der Waals surface area (Å²) in [6.45, 7) is 3.64. The van der Waals surface area contributed by atoms with Gasteiger partial charge in [-0.3, -0.25) is 0 Å². The number of hydrogen-bond donors (Lipinski definition) is 2. The van der Waals surface area contributed by atoms with Crippen LogP contribution < -0.4 is 14.8 Å². The lowest BCUT2D eigenvalue weighted by atomic mass is 10.1. The molecule has 114 valence electrons. The van der Waals surface area contributed by atoms with Crippen molar-refractivity contribution in [2.45, 2.75) is 19.4 Å². The van der Waals surface area contributed by atoms with E-state index in [2.05, 4.69) is 17.2 Å². The summed E-state index contributed by atoms with van der Waals surface area (Å²) in [6, 6.07) is 3.61. The Morgan fingerprint density at radius 1 is 1.29 bits per heavy atom. The smallest absolute Gasteiger partial charge is 0.200 e. The van der Waals surface area contributed by atoms with Gasteiger partial charge >= 0.3 is 0 Å². The van der Waals surface area contributed by atoms with Crippen molar-refractivity contribution in [1.82, 2.24) is 10.3 Å². The number of hydrogen-bond acceptors (Lipinski definition) is 6.